The summed E-state index contributed by atoms with van der Waals surface area (Å²) in [6.07, 6.45) is 5.88. The topological polar surface area (TPSA) is 49.9 Å². The second kappa shape index (κ2) is 13.7. The number of esters is 1. The molecule has 34 heavy (non-hydrogen) atoms. The van der Waals surface area contributed by atoms with E-state index in [0.717, 1.165) is 68.3 Å². The molecule has 3 rings (SSSR count). The van der Waals surface area contributed by atoms with Crippen molar-refractivity contribution in [2.45, 2.75) is 51.0 Å². The number of carbonyl (C=O) groups is 2. The number of hydrogen-bond acceptors (Lipinski definition) is 4. The lowest BCUT2D eigenvalue weighted by Crippen LogP contribution is -2.49. The fraction of sp³-hybridized carbons (Fsp3) is 0.481. The van der Waals surface area contributed by atoms with Gasteiger partial charge in [0.1, 0.15) is 0 Å². The molecule has 2 aromatic carbocycles. The Morgan fingerprint density at radius 2 is 1.24 bits per heavy atom. The fourth-order valence-electron chi connectivity index (χ4n) is 4.47. The van der Waals surface area contributed by atoms with Crippen LogP contribution < -0.4 is 0 Å². The second-order valence-corrected chi connectivity index (χ2v) is 9.64. The Morgan fingerprint density at radius 3 is 1.74 bits per heavy atom. The molecule has 5 nitrogen and oxygen atoms in total. The van der Waals surface area contributed by atoms with Gasteiger partial charge < -0.3 is 9.64 Å². The quantitative estimate of drug-likeness (QED) is 0.272. The molecule has 0 atom stereocenters. The highest BCUT2D eigenvalue weighted by molar-refractivity contribution is 6.30. The average molecular weight is 505 g/mol. The molecule has 0 bridgehead atoms. The van der Waals surface area contributed by atoms with Gasteiger partial charge in [0.2, 0.25) is 5.91 Å². The Balaban J connectivity index is 1.48. The second-order valence-electron chi connectivity index (χ2n) is 8.77. The largest absolute Gasteiger partial charge is 0.469 e. The van der Waals surface area contributed by atoms with E-state index in [1.165, 1.54) is 18.2 Å². The van der Waals surface area contributed by atoms with Crippen molar-refractivity contribution in [2.75, 3.05) is 33.3 Å². The number of benzene rings is 2. The number of nitrogens with zero attached hydrogens (tertiary/aromatic N) is 2. The van der Waals surface area contributed by atoms with E-state index in [-0.39, 0.29) is 17.9 Å². The molecule has 0 spiro atoms. The zero-order valence-corrected chi connectivity index (χ0v) is 21.4. The first-order chi connectivity index (χ1) is 16.5. The highest BCUT2D eigenvalue weighted by Gasteiger charge is 2.28. The van der Waals surface area contributed by atoms with E-state index in [0.29, 0.717) is 12.8 Å². The van der Waals surface area contributed by atoms with Crippen LogP contribution in [0.25, 0.3) is 0 Å². The summed E-state index contributed by atoms with van der Waals surface area (Å²) in [6.45, 7) is 3.09. The van der Waals surface area contributed by atoms with Crippen molar-refractivity contribution in [3.05, 3.63) is 69.7 Å². The van der Waals surface area contributed by atoms with Crippen molar-refractivity contribution in [1.82, 2.24) is 9.80 Å². The summed E-state index contributed by atoms with van der Waals surface area (Å²) in [6, 6.07) is 16.1. The Hall–Kier alpha value is -2.08. The third-order valence-electron chi connectivity index (χ3n) is 6.40. The number of rotatable bonds is 11. The molecule has 7 heteroatoms. The molecule has 1 saturated heterocycles. The van der Waals surface area contributed by atoms with Crippen molar-refractivity contribution in [1.29, 1.82) is 0 Å². The van der Waals surface area contributed by atoms with Gasteiger partial charge >= 0.3 is 5.97 Å². The molecule has 0 unspecified atom stereocenters. The normalized spacial score (nSPS) is 14.4. The Kier molecular flexibility index (Phi) is 10.7. The third-order valence-corrected chi connectivity index (χ3v) is 6.91. The zero-order valence-electron chi connectivity index (χ0n) is 19.8. The van der Waals surface area contributed by atoms with Crippen LogP contribution in [0, 0.1) is 0 Å². The lowest BCUT2D eigenvalue weighted by atomic mass is 9.96. The summed E-state index contributed by atoms with van der Waals surface area (Å²) in [4.78, 5) is 28.3. The summed E-state index contributed by atoms with van der Waals surface area (Å²) in [7, 11) is 1.42. The van der Waals surface area contributed by atoms with Gasteiger partial charge in [0, 0.05) is 49.1 Å². The van der Waals surface area contributed by atoms with Gasteiger partial charge in [-0.15, -0.1) is 0 Å². The van der Waals surface area contributed by atoms with Crippen molar-refractivity contribution in [3.63, 3.8) is 0 Å². The number of amides is 1. The van der Waals surface area contributed by atoms with Crippen molar-refractivity contribution < 1.29 is 14.3 Å². The van der Waals surface area contributed by atoms with Gasteiger partial charge in [-0.3, -0.25) is 14.5 Å². The first kappa shape index (κ1) is 26.5. The number of methoxy groups -OCH3 is 1. The fourth-order valence-corrected chi connectivity index (χ4v) is 4.72. The number of piperazine rings is 1. The van der Waals surface area contributed by atoms with Gasteiger partial charge in [-0.2, -0.15) is 0 Å². The predicted octanol–water partition coefficient (Wildman–Crippen LogP) is 6.13. The minimum absolute atomic E-state index is 0.0942. The molecule has 2 aromatic rings. The Morgan fingerprint density at radius 1 is 0.765 bits per heavy atom. The monoisotopic (exact) mass is 504 g/mol. The number of unbranched alkanes of at least 4 members (excludes halogenated alkanes) is 4. The highest BCUT2D eigenvalue weighted by Crippen LogP contribution is 2.31. The van der Waals surface area contributed by atoms with Crippen LogP contribution in [0.5, 0.6) is 0 Å². The van der Waals surface area contributed by atoms with Crippen LogP contribution in [0.4, 0.5) is 0 Å². The summed E-state index contributed by atoms with van der Waals surface area (Å²) in [5.41, 5.74) is 2.36. The maximum absolute atomic E-state index is 12.7. The lowest BCUT2D eigenvalue weighted by molar-refractivity contribution is -0.140. The highest BCUT2D eigenvalue weighted by atomic mass is 35.5. The van der Waals surface area contributed by atoms with Gasteiger partial charge in [0.15, 0.2) is 0 Å². The molecule has 0 aromatic heterocycles. The Labute approximate surface area is 213 Å². The van der Waals surface area contributed by atoms with Crippen molar-refractivity contribution in [2.24, 2.45) is 0 Å². The molecular formula is C27H34Cl2N2O3. The summed E-state index contributed by atoms with van der Waals surface area (Å²) in [5.74, 6) is 0.0902. The van der Waals surface area contributed by atoms with Crippen LogP contribution in [0.2, 0.25) is 10.0 Å². The maximum atomic E-state index is 12.7. The molecule has 0 radical (unpaired) electrons. The average Bonchev–Trinajstić information content (AvgIpc) is 2.86. The number of halogens is 2. The number of carbonyl (C=O) groups excluding carboxylic acids is 2. The van der Waals surface area contributed by atoms with E-state index in [1.54, 1.807) is 0 Å². The molecule has 1 heterocycles. The van der Waals surface area contributed by atoms with Crippen LogP contribution in [0.3, 0.4) is 0 Å². The van der Waals surface area contributed by atoms with Gasteiger partial charge in [-0.1, -0.05) is 66.7 Å². The first-order valence-electron chi connectivity index (χ1n) is 12.1. The van der Waals surface area contributed by atoms with Gasteiger partial charge in [-0.05, 0) is 48.2 Å². The van der Waals surface area contributed by atoms with Gasteiger partial charge in [-0.25, -0.2) is 0 Å². The van der Waals surface area contributed by atoms with Crippen molar-refractivity contribution >= 4 is 35.1 Å². The van der Waals surface area contributed by atoms with Gasteiger partial charge in [0.05, 0.1) is 13.2 Å². The van der Waals surface area contributed by atoms with Gasteiger partial charge in [0.25, 0.3) is 0 Å². The first-order valence-corrected chi connectivity index (χ1v) is 12.8. The molecule has 0 aliphatic carbocycles. The molecule has 0 saturated carbocycles. The minimum Gasteiger partial charge on any atom is -0.469 e. The molecule has 1 aliphatic rings. The predicted molar refractivity (Wildman–Crippen MR) is 137 cm³/mol. The van der Waals surface area contributed by atoms with Crippen molar-refractivity contribution in [3.8, 4) is 0 Å². The van der Waals surface area contributed by atoms with Crippen LogP contribution in [-0.4, -0.2) is 55.0 Å². The molecule has 1 aliphatic heterocycles. The number of ether oxygens (including phenoxy) is 1. The molecule has 1 fully saturated rings. The van der Waals surface area contributed by atoms with E-state index >= 15 is 0 Å². The summed E-state index contributed by atoms with van der Waals surface area (Å²) in [5, 5.41) is 1.44. The maximum Gasteiger partial charge on any atom is 0.305 e. The minimum atomic E-state index is -0.149. The van der Waals surface area contributed by atoms with E-state index in [4.69, 9.17) is 23.2 Å². The zero-order chi connectivity index (χ0) is 24.3. The van der Waals surface area contributed by atoms with Crippen LogP contribution >= 0.6 is 23.2 Å². The molecule has 0 N–H and O–H groups in total. The molecular weight excluding hydrogens is 471 g/mol. The smallest absolute Gasteiger partial charge is 0.305 e. The van der Waals surface area contributed by atoms with Crippen LogP contribution in [0.15, 0.2) is 48.5 Å². The lowest BCUT2D eigenvalue weighted by Gasteiger charge is -2.40. The van der Waals surface area contributed by atoms with Crippen LogP contribution in [0.1, 0.15) is 62.1 Å². The van der Waals surface area contributed by atoms with E-state index in [9.17, 15) is 9.59 Å². The van der Waals surface area contributed by atoms with Crippen LogP contribution in [-0.2, 0) is 14.3 Å². The standard InChI is InChI=1S/C27H34Cl2N2O3/c1-34-26(33)8-6-4-2-3-5-7-25(32)30-17-19-31(20-18-30)27(21-9-13-23(28)14-10-21)22-11-15-24(29)16-12-22/h9-16,27H,2-8,17-20H2,1H3. The molecule has 1 amide bonds. The van der Waals surface area contributed by atoms with E-state index in [2.05, 4.69) is 33.9 Å². The third kappa shape index (κ3) is 8.00. The van der Waals surface area contributed by atoms with E-state index < -0.39 is 0 Å². The SMILES string of the molecule is COC(=O)CCCCCCCC(=O)N1CCN(C(c2ccc(Cl)cc2)c2ccc(Cl)cc2)CC1. The van der Waals surface area contributed by atoms with E-state index in [1.807, 2.05) is 29.2 Å². The summed E-state index contributed by atoms with van der Waals surface area (Å²) < 4.78 is 4.66. The molecule has 184 valence electrons. The summed E-state index contributed by atoms with van der Waals surface area (Å²) >= 11 is 12.2. The number of hydrogen-bond donors (Lipinski definition) is 0. The Bertz CT molecular complexity index is 865.